The molecule has 1 aliphatic carbocycles. The molecule has 1 saturated carbocycles. The SMILES string of the molecule is CC1CN(Cc2nnc(C3CC3)o2)CCN1c1ccc2nncn2n1. The highest BCUT2D eigenvalue weighted by atomic mass is 16.4. The Hall–Kier alpha value is -2.55. The van der Waals surface area contributed by atoms with Crippen LogP contribution in [0.15, 0.2) is 22.9 Å². The molecular weight excluding hydrogens is 320 g/mol. The van der Waals surface area contributed by atoms with Crippen molar-refractivity contribution in [3.63, 3.8) is 0 Å². The minimum atomic E-state index is 0.348. The van der Waals surface area contributed by atoms with Crippen molar-refractivity contribution in [3.8, 4) is 0 Å². The number of fused-ring (bicyclic) bond motifs is 1. The molecule has 0 amide bonds. The molecule has 9 heteroatoms. The molecule has 25 heavy (non-hydrogen) atoms. The van der Waals surface area contributed by atoms with Crippen LogP contribution in [0, 0.1) is 0 Å². The first-order chi connectivity index (χ1) is 12.3. The molecule has 1 unspecified atom stereocenters. The smallest absolute Gasteiger partial charge is 0.230 e. The van der Waals surface area contributed by atoms with E-state index in [-0.39, 0.29) is 0 Å². The van der Waals surface area contributed by atoms with Crippen LogP contribution in [0.5, 0.6) is 0 Å². The zero-order valence-electron chi connectivity index (χ0n) is 14.1. The summed E-state index contributed by atoms with van der Waals surface area (Å²) in [5.41, 5.74) is 0.762. The normalized spacial score (nSPS) is 22.0. The van der Waals surface area contributed by atoms with E-state index in [1.807, 2.05) is 12.1 Å². The minimum absolute atomic E-state index is 0.348. The third-order valence-electron chi connectivity index (χ3n) is 4.92. The highest BCUT2D eigenvalue weighted by Gasteiger charge is 2.30. The van der Waals surface area contributed by atoms with Crippen LogP contribution in [0.2, 0.25) is 0 Å². The Morgan fingerprint density at radius 3 is 2.92 bits per heavy atom. The largest absolute Gasteiger partial charge is 0.424 e. The van der Waals surface area contributed by atoms with Gasteiger partial charge in [0.25, 0.3) is 0 Å². The van der Waals surface area contributed by atoms with Gasteiger partial charge in [0.05, 0.1) is 6.54 Å². The van der Waals surface area contributed by atoms with E-state index in [0.717, 1.165) is 49.4 Å². The van der Waals surface area contributed by atoms with Crippen molar-refractivity contribution in [3.05, 3.63) is 30.2 Å². The van der Waals surface area contributed by atoms with Gasteiger partial charge in [-0.15, -0.1) is 25.5 Å². The van der Waals surface area contributed by atoms with Crippen molar-refractivity contribution < 1.29 is 4.42 Å². The molecule has 0 radical (unpaired) electrons. The topological polar surface area (TPSA) is 88.5 Å². The highest BCUT2D eigenvalue weighted by Crippen LogP contribution is 2.39. The predicted octanol–water partition coefficient (Wildman–Crippen LogP) is 1.10. The maximum Gasteiger partial charge on any atom is 0.230 e. The van der Waals surface area contributed by atoms with Gasteiger partial charge in [-0.05, 0) is 31.9 Å². The lowest BCUT2D eigenvalue weighted by Gasteiger charge is -2.39. The Morgan fingerprint density at radius 1 is 1.16 bits per heavy atom. The summed E-state index contributed by atoms with van der Waals surface area (Å²) in [6.07, 6.45) is 4.00. The summed E-state index contributed by atoms with van der Waals surface area (Å²) >= 11 is 0. The van der Waals surface area contributed by atoms with E-state index in [0.29, 0.717) is 12.0 Å². The van der Waals surface area contributed by atoms with Gasteiger partial charge in [-0.2, -0.15) is 4.52 Å². The molecule has 4 heterocycles. The van der Waals surface area contributed by atoms with E-state index in [1.165, 1.54) is 12.8 Å². The van der Waals surface area contributed by atoms with Gasteiger partial charge in [0.2, 0.25) is 11.8 Å². The van der Waals surface area contributed by atoms with E-state index in [4.69, 9.17) is 4.42 Å². The molecule has 130 valence electrons. The Balaban J connectivity index is 1.26. The molecule has 2 aliphatic rings. The van der Waals surface area contributed by atoms with Crippen LogP contribution in [-0.4, -0.2) is 60.6 Å². The summed E-state index contributed by atoms with van der Waals surface area (Å²) in [6, 6.07) is 4.31. The standard InChI is InChI=1S/C16H20N8O/c1-11-8-22(9-15-19-20-16(25-15)12-2-3-12)6-7-23(11)14-5-4-13-18-17-10-24(13)21-14/h4-5,10-12H,2-3,6-9H2,1H3. The van der Waals surface area contributed by atoms with Crippen LogP contribution in [0.3, 0.4) is 0 Å². The van der Waals surface area contributed by atoms with Crippen LogP contribution < -0.4 is 4.90 Å². The molecule has 0 N–H and O–H groups in total. The zero-order chi connectivity index (χ0) is 16.8. The van der Waals surface area contributed by atoms with Gasteiger partial charge in [-0.3, -0.25) is 4.90 Å². The molecule has 1 atom stereocenters. The molecule has 1 aliphatic heterocycles. The first kappa shape index (κ1) is 14.8. The Kier molecular flexibility index (Phi) is 3.40. The van der Waals surface area contributed by atoms with Crippen molar-refractivity contribution >= 4 is 11.5 Å². The summed E-state index contributed by atoms with van der Waals surface area (Å²) < 4.78 is 7.50. The molecule has 5 rings (SSSR count). The molecule has 9 nitrogen and oxygen atoms in total. The third-order valence-corrected chi connectivity index (χ3v) is 4.92. The zero-order valence-corrected chi connectivity index (χ0v) is 14.1. The lowest BCUT2D eigenvalue weighted by atomic mass is 10.2. The second-order valence-electron chi connectivity index (χ2n) is 6.91. The molecule has 0 aromatic carbocycles. The van der Waals surface area contributed by atoms with Crippen LogP contribution in [0.4, 0.5) is 5.82 Å². The number of hydrogen-bond acceptors (Lipinski definition) is 8. The number of piperazine rings is 1. The van der Waals surface area contributed by atoms with Crippen LogP contribution >= 0.6 is 0 Å². The van der Waals surface area contributed by atoms with E-state index < -0.39 is 0 Å². The fourth-order valence-electron chi connectivity index (χ4n) is 3.41. The van der Waals surface area contributed by atoms with Crippen molar-refractivity contribution in [1.29, 1.82) is 0 Å². The Morgan fingerprint density at radius 2 is 2.08 bits per heavy atom. The van der Waals surface area contributed by atoms with Crippen molar-refractivity contribution in [1.82, 2.24) is 34.9 Å². The number of anilines is 1. The fourth-order valence-corrected chi connectivity index (χ4v) is 3.41. The molecular formula is C16H20N8O. The monoisotopic (exact) mass is 340 g/mol. The van der Waals surface area contributed by atoms with Crippen molar-refractivity contribution in [2.45, 2.75) is 38.3 Å². The van der Waals surface area contributed by atoms with Crippen LogP contribution in [-0.2, 0) is 6.54 Å². The van der Waals surface area contributed by atoms with Gasteiger partial charge >= 0.3 is 0 Å². The first-order valence-electron chi connectivity index (χ1n) is 8.74. The van der Waals surface area contributed by atoms with Gasteiger partial charge in [0, 0.05) is 31.6 Å². The second-order valence-corrected chi connectivity index (χ2v) is 6.91. The molecule has 3 aromatic rings. The van der Waals surface area contributed by atoms with Crippen molar-refractivity contribution in [2.24, 2.45) is 0 Å². The van der Waals surface area contributed by atoms with E-state index >= 15 is 0 Å². The number of hydrogen-bond donors (Lipinski definition) is 0. The first-order valence-corrected chi connectivity index (χ1v) is 8.74. The highest BCUT2D eigenvalue weighted by molar-refractivity contribution is 5.46. The fraction of sp³-hybridized carbons (Fsp3) is 0.562. The molecule has 0 spiro atoms. The van der Waals surface area contributed by atoms with Crippen LogP contribution in [0.25, 0.3) is 5.65 Å². The lowest BCUT2D eigenvalue weighted by molar-refractivity contribution is 0.199. The molecule has 1 saturated heterocycles. The average molecular weight is 340 g/mol. The summed E-state index contributed by atoms with van der Waals surface area (Å²) in [7, 11) is 0. The van der Waals surface area contributed by atoms with Gasteiger partial charge in [0.1, 0.15) is 12.1 Å². The lowest BCUT2D eigenvalue weighted by Crippen LogP contribution is -2.52. The summed E-state index contributed by atoms with van der Waals surface area (Å²) in [4.78, 5) is 4.68. The third kappa shape index (κ3) is 2.84. The summed E-state index contributed by atoms with van der Waals surface area (Å²) in [5, 5.41) is 20.9. The maximum absolute atomic E-state index is 5.79. The Labute approximate surface area is 144 Å². The number of aromatic nitrogens is 6. The van der Waals surface area contributed by atoms with E-state index in [9.17, 15) is 0 Å². The molecule has 0 bridgehead atoms. The van der Waals surface area contributed by atoms with E-state index in [1.54, 1.807) is 10.8 Å². The molecule has 3 aromatic heterocycles. The summed E-state index contributed by atoms with van der Waals surface area (Å²) in [5.74, 6) is 3.00. The second kappa shape index (κ2) is 5.76. The number of nitrogens with zero attached hydrogens (tertiary/aromatic N) is 8. The molecule has 2 fully saturated rings. The quantitative estimate of drug-likeness (QED) is 0.697. The van der Waals surface area contributed by atoms with Gasteiger partial charge < -0.3 is 9.32 Å². The van der Waals surface area contributed by atoms with Gasteiger partial charge in [-0.1, -0.05) is 0 Å². The van der Waals surface area contributed by atoms with Gasteiger partial charge in [-0.25, -0.2) is 0 Å². The maximum atomic E-state index is 5.79. The predicted molar refractivity (Wildman–Crippen MR) is 89.1 cm³/mol. The van der Waals surface area contributed by atoms with Crippen molar-refractivity contribution in [2.75, 3.05) is 24.5 Å². The minimum Gasteiger partial charge on any atom is -0.424 e. The van der Waals surface area contributed by atoms with Crippen LogP contribution in [0.1, 0.15) is 37.5 Å². The average Bonchev–Trinajstić information content (AvgIpc) is 3.17. The Bertz CT molecular complexity index is 885. The summed E-state index contributed by atoms with van der Waals surface area (Å²) in [6.45, 7) is 5.71. The number of rotatable bonds is 4. The van der Waals surface area contributed by atoms with Gasteiger partial charge in [0.15, 0.2) is 5.65 Å². The van der Waals surface area contributed by atoms with E-state index in [2.05, 4.69) is 42.2 Å².